The smallest absolute Gasteiger partial charge is 0.0107 e. The van der Waals surface area contributed by atoms with E-state index in [2.05, 4.69) is 37.9 Å². The highest BCUT2D eigenvalue weighted by Crippen LogP contribution is 2.20. The first kappa shape index (κ1) is 13.0. The maximum atomic E-state index is 3.55. The summed E-state index contributed by atoms with van der Waals surface area (Å²) in [5.41, 5.74) is 0.266. The molecule has 15 heavy (non-hydrogen) atoms. The summed E-state index contributed by atoms with van der Waals surface area (Å²) in [5.74, 6) is 0.977. The van der Waals surface area contributed by atoms with Gasteiger partial charge < -0.3 is 10.2 Å². The molecule has 1 aliphatic rings. The molecule has 1 saturated heterocycles. The standard InChI is InChI=1S/C13H28N2/c1-5-6-12-7-9-15(11-12)10-8-14-13(2,3)4/h12,14H,5-11H2,1-4H3. The first-order valence-corrected chi connectivity index (χ1v) is 6.48. The van der Waals surface area contributed by atoms with Crippen LogP contribution in [-0.2, 0) is 0 Å². The van der Waals surface area contributed by atoms with E-state index < -0.39 is 0 Å². The van der Waals surface area contributed by atoms with Crippen LogP contribution in [0.5, 0.6) is 0 Å². The highest BCUT2D eigenvalue weighted by atomic mass is 15.2. The van der Waals surface area contributed by atoms with Crippen molar-refractivity contribution in [3.05, 3.63) is 0 Å². The zero-order valence-corrected chi connectivity index (χ0v) is 11.0. The predicted octanol–water partition coefficient (Wildman–Crippen LogP) is 2.50. The molecular formula is C13H28N2. The number of hydrogen-bond donors (Lipinski definition) is 1. The first-order valence-electron chi connectivity index (χ1n) is 6.48. The van der Waals surface area contributed by atoms with E-state index in [1.54, 1.807) is 0 Å². The van der Waals surface area contributed by atoms with Crippen LogP contribution in [0.3, 0.4) is 0 Å². The number of nitrogens with zero attached hydrogens (tertiary/aromatic N) is 1. The highest BCUT2D eigenvalue weighted by molar-refractivity contribution is 4.77. The van der Waals surface area contributed by atoms with Gasteiger partial charge in [0.2, 0.25) is 0 Å². The van der Waals surface area contributed by atoms with Crippen LogP contribution in [0.15, 0.2) is 0 Å². The third-order valence-corrected chi connectivity index (χ3v) is 3.15. The normalized spacial score (nSPS) is 23.6. The lowest BCUT2D eigenvalue weighted by Crippen LogP contribution is -2.40. The Balaban J connectivity index is 2.09. The van der Waals surface area contributed by atoms with Gasteiger partial charge in [0.25, 0.3) is 0 Å². The molecule has 0 aromatic heterocycles. The molecule has 2 heteroatoms. The summed E-state index contributed by atoms with van der Waals surface area (Å²) in [7, 11) is 0. The van der Waals surface area contributed by atoms with E-state index in [0.717, 1.165) is 12.5 Å². The van der Waals surface area contributed by atoms with Crippen molar-refractivity contribution >= 4 is 0 Å². The van der Waals surface area contributed by atoms with Crippen LogP contribution in [-0.4, -0.2) is 36.6 Å². The fourth-order valence-corrected chi connectivity index (χ4v) is 2.35. The van der Waals surface area contributed by atoms with Crippen LogP contribution >= 0.6 is 0 Å². The molecular weight excluding hydrogens is 184 g/mol. The van der Waals surface area contributed by atoms with Gasteiger partial charge in [0.05, 0.1) is 0 Å². The van der Waals surface area contributed by atoms with Crippen LogP contribution < -0.4 is 5.32 Å². The van der Waals surface area contributed by atoms with Crippen molar-refractivity contribution in [2.75, 3.05) is 26.2 Å². The summed E-state index contributed by atoms with van der Waals surface area (Å²) in [6, 6.07) is 0. The molecule has 0 aliphatic carbocycles. The van der Waals surface area contributed by atoms with Crippen LogP contribution in [0, 0.1) is 5.92 Å². The monoisotopic (exact) mass is 212 g/mol. The quantitative estimate of drug-likeness (QED) is 0.753. The number of nitrogens with one attached hydrogen (secondary N) is 1. The molecule has 1 atom stereocenters. The molecule has 1 aliphatic heterocycles. The Morgan fingerprint density at radius 2 is 2.07 bits per heavy atom. The summed E-state index contributed by atoms with van der Waals surface area (Å²) in [5, 5.41) is 3.55. The van der Waals surface area contributed by atoms with Gasteiger partial charge in [0.1, 0.15) is 0 Å². The van der Waals surface area contributed by atoms with E-state index in [-0.39, 0.29) is 5.54 Å². The van der Waals surface area contributed by atoms with Gasteiger partial charge in [-0.3, -0.25) is 0 Å². The molecule has 0 aromatic carbocycles. The molecule has 0 aromatic rings. The fourth-order valence-electron chi connectivity index (χ4n) is 2.35. The third-order valence-electron chi connectivity index (χ3n) is 3.15. The first-order chi connectivity index (χ1) is 7.01. The van der Waals surface area contributed by atoms with E-state index in [4.69, 9.17) is 0 Å². The summed E-state index contributed by atoms with van der Waals surface area (Å²) in [4.78, 5) is 2.61. The molecule has 1 unspecified atom stereocenters. The van der Waals surface area contributed by atoms with Crippen LogP contribution in [0.4, 0.5) is 0 Å². The molecule has 0 bridgehead atoms. The fraction of sp³-hybridized carbons (Fsp3) is 1.00. The summed E-state index contributed by atoms with van der Waals surface area (Å²) in [6.45, 7) is 14.0. The molecule has 0 saturated carbocycles. The van der Waals surface area contributed by atoms with E-state index in [9.17, 15) is 0 Å². The zero-order chi connectivity index (χ0) is 11.3. The van der Waals surface area contributed by atoms with Crippen LogP contribution in [0.1, 0.15) is 47.0 Å². The predicted molar refractivity (Wildman–Crippen MR) is 67.2 cm³/mol. The Kier molecular flexibility index (Phi) is 5.07. The van der Waals surface area contributed by atoms with E-state index >= 15 is 0 Å². The van der Waals surface area contributed by atoms with Gasteiger partial charge in [-0.15, -0.1) is 0 Å². The van der Waals surface area contributed by atoms with Gasteiger partial charge in [0, 0.05) is 25.2 Å². The number of rotatable bonds is 5. The van der Waals surface area contributed by atoms with Gasteiger partial charge in [-0.2, -0.15) is 0 Å². The lowest BCUT2D eigenvalue weighted by molar-refractivity contribution is 0.299. The van der Waals surface area contributed by atoms with Crippen molar-refractivity contribution in [2.24, 2.45) is 5.92 Å². The maximum Gasteiger partial charge on any atom is 0.0107 e. The Labute approximate surface area is 95.4 Å². The van der Waals surface area contributed by atoms with Crippen LogP contribution in [0.2, 0.25) is 0 Å². The van der Waals surface area contributed by atoms with Gasteiger partial charge in [-0.25, -0.2) is 0 Å². The molecule has 0 radical (unpaired) electrons. The minimum Gasteiger partial charge on any atom is -0.311 e. The molecule has 1 heterocycles. The minimum atomic E-state index is 0.266. The lowest BCUT2D eigenvalue weighted by Gasteiger charge is -2.23. The van der Waals surface area contributed by atoms with E-state index in [1.165, 1.54) is 38.9 Å². The Morgan fingerprint density at radius 3 is 2.67 bits per heavy atom. The van der Waals surface area contributed by atoms with Gasteiger partial charge >= 0.3 is 0 Å². The summed E-state index contributed by atoms with van der Waals surface area (Å²) < 4.78 is 0. The second-order valence-corrected chi connectivity index (χ2v) is 5.92. The SMILES string of the molecule is CCCC1CCN(CCNC(C)(C)C)C1. The van der Waals surface area contributed by atoms with Crippen molar-refractivity contribution in [3.8, 4) is 0 Å². The molecule has 2 nitrogen and oxygen atoms in total. The Morgan fingerprint density at radius 1 is 1.33 bits per heavy atom. The average Bonchev–Trinajstić information content (AvgIpc) is 2.51. The molecule has 0 spiro atoms. The highest BCUT2D eigenvalue weighted by Gasteiger charge is 2.21. The third kappa shape index (κ3) is 5.53. The topological polar surface area (TPSA) is 15.3 Å². The van der Waals surface area contributed by atoms with Crippen molar-refractivity contribution in [1.29, 1.82) is 0 Å². The largest absolute Gasteiger partial charge is 0.311 e. The number of hydrogen-bond acceptors (Lipinski definition) is 2. The van der Waals surface area contributed by atoms with Crippen LogP contribution in [0.25, 0.3) is 0 Å². The zero-order valence-electron chi connectivity index (χ0n) is 11.0. The summed E-state index contributed by atoms with van der Waals surface area (Å²) in [6.07, 6.45) is 4.19. The Hall–Kier alpha value is -0.0800. The minimum absolute atomic E-state index is 0.266. The van der Waals surface area contributed by atoms with Gasteiger partial charge in [0.15, 0.2) is 0 Å². The molecule has 1 fully saturated rings. The molecule has 1 N–H and O–H groups in total. The molecule has 90 valence electrons. The van der Waals surface area contributed by atoms with E-state index in [0.29, 0.717) is 0 Å². The average molecular weight is 212 g/mol. The van der Waals surface area contributed by atoms with Gasteiger partial charge in [-0.1, -0.05) is 13.3 Å². The van der Waals surface area contributed by atoms with Crippen molar-refractivity contribution in [3.63, 3.8) is 0 Å². The summed E-state index contributed by atoms with van der Waals surface area (Å²) >= 11 is 0. The maximum absolute atomic E-state index is 3.55. The van der Waals surface area contributed by atoms with Crippen molar-refractivity contribution < 1.29 is 0 Å². The van der Waals surface area contributed by atoms with Crippen molar-refractivity contribution in [2.45, 2.75) is 52.5 Å². The molecule has 1 rings (SSSR count). The van der Waals surface area contributed by atoms with Gasteiger partial charge in [-0.05, 0) is 46.1 Å². The lowest BCUT2D eigenvalue weighted by atomic mass is 10.0. The second-order valence-electron chi connectivity index (χ2n) is 5.92. The number of likely N-dealkylation sites (tertiary alicyclic amines) is 1. The van der Waals surface area contributed by atoms with E-state index in [1.807, 2.05) is 0 Å². The second kappa shape index (κ2) is 5.86. The Bertz CT molecular complexity index is 172. The molecule has 0 amide bonds. The van der Waals surface area contributed by atoms with Crippen molar-refractivity contribution in [1.82, 2.24) is 10.2 Å².